The van der Waals surface area contributed by atoms with E-state index in [0.29, 0.717) is 5.92 Å². The molecule has 1 atom stereocenters. The average Bonchev–Trinajstić information content (AvgIpc) is 2.99. The van der Waals surface area contributed by atoms with Gasteiger partial charge in [0.15, 0.2) is 0 Å². The summed E-state index contributed by atoms with van der Waals surface area (Å²) in [5.74, 6) is 0.612. The smallest absolute Gasteiger partial charge is 0.106 e. The molecule has 0 spiro atoms. The van der Waals surface area contributed by atoms with Crippen LogP contribution in [0, 0.1) is 5.92 Å². The molecular formula is C13H17N3OS. The lowest BCUT2D eigenvalue weighted by Crippen LogP contribution is -2.22. The first-order valence-corrected chi connectivity index (χ1v) is 7.03. The number of fused-ring (bicyclic) bond motifs is 1. The van der Waals surface area contributed by atoms with Crippen molar-refractivity contribution in [1.82, 2.24) is 4.98 Å². The second-order valence-electron chi connectivity index (χ2n) is 4.75. The zero-order chi connectivity index (χ0) is 12.5. The molecule has 1 unspecified atom stereocenters. The van der Waals surface area contributed by atoms with Gasteiger partial charge in [-0.05, 0) is 18.6 Å². The molecule has 1 aliphatic heterocycles. The number of aromatic nitrogens is 1. The number of ether oxygens (including phenoxy) is 1. The van der Waals surface area contributed by atoms with Gasteiger partial charge in [0.2, 0.25) is 0 Å². The summed E-state index contributed by atoms with van der Waals surface area (Å²) in [6.07, 6.45) is 1.17. The lowest BCUT2D eigenvalue weighted by atomic mass is 10.1. The molecule has 1 aliphatic rings. The van der Waals surface area contributed by atoms with Crippen LogP contribution in [0.25, 0.3) is 10.2 Å². The van der Waals surface area contributed by atoms with E-state index < -0.39 is 0 Å². The molecule has 0 radical (unpaired) electrons. The zero-order valence-electron chi connectivity index (χ0n) is 10.4. The number of methoxy groups -OCH3 is 1. The molecule has 3 rings (SSSR count). The van der Waals surface area contributed by atoms with Crippen molar-refractivity contribution in [3.8, 4) is 0 Å². The monoisotopic (exact) mass is 263 g/mol. The van der Waals surface area contributed by atoms with Crippen molar-refractivity contribution in [2.45, 2.75) is 6.42 Å². The van der Waals surface area contributed by atoms with Gasteiger partial charge in [0.1, 0.15) is 5.52 Å². The third kappa shape index (κ3) is 1.93. The molecule has 0 bridgehead atoms. The highest BCUT2D eigenvalue weighted by atomic mass is 32.1. The Morgan fingerprint density at radius 2 is 2.44 bits per heavy atom. The highest BCUT2D eigenvalue weighted by Crippen LogP contribution is 2.35. The highest BCUT2D eigenvalue weighted by Gasteiger charge is 2.24. The molecule has 1 aromatic heterocycles. The zero-order valence-corrected chi connectivity index (χ0v) is 11.2. The van der Waals surface area contributed by atoms with Crippen molar-refractivity contribution in [2.24, 2.45) is 5.92 Å². The number of rotatable bonds is 3. The molecule has 0 amide bonds. The maximum Gasteiger partial charge on any atom is 0.106 e. The second kappa shape index (κ2) is 4.74. The normalized spacial score (nSPS) is 19.8. The maximum absolute atomic E-state index is 6.23. The van der Waals surface area contributed by atoms with E-state index >= 15 is 0 Å². The van der Waals surface area contributed by atoms with Gasteiger partial charge in [-0.15, -0.1) is 11.3 Å². The lowest BCUT2D eigenvalue weighted by Gasteiger charge is -2.20. The maximum atomic E-state index is 6.23. The van der Waals surface area contributed by atoms with Gasteiger partial charge in [0.25, 0.3) is 0 Å². The van der Waals surface area contributed by atoms with Gasteiger partial charge < -0.3 is 15.4 Å². The van der Waals surface area contributed by atoms with Crippen LogP contribution < -0.4 is 10.6 Å². The SMILES string of the molecule is COCC1CCN(c2ccc3scnc3c2N)C1. The summed E-state index contributed by atoms with van der Waals surface area (Å²) in [6.45, 7) is 2.90. The van der Waals surface area contributed by atoms with Crippen molar-refractivity contribution >= 4 is 32.9 Å². The molecule has 1 saturated heterocycles. The third-order valence-corrected chi connectivity index (χ3v) is 4.34. The van der Waals surface area contributed by atoms with E-state index in [1.807, 2.05) is 5.51 Å². The number of nitrogens with zero attached hydrogens (tertiary/aromatic N) is 2. The van der Waals surface area contributed by atoms with E-state index in [9.17, 15) is 0 Å². The number of hydrogen-bond acceptors (Lipinski definition) is 5. The summed E-state index contributed by atoms with van der Waals surface area (Å²) in [7, 11) is 1.76. The number of thiazole rings is 1. The Bertz CT molecular complexity index is 554. The summed E-state index contributed by atoms with van der Waals surface area (Å²) in [6, 6.07) is 4.23. The number of benzene rings is 1. The fourth-order valence-electron chi connectivity index (χ4n) is 2.64. The molecule has 18 heavy (non-hydrogen) atoms. The van der Waals surface area contributed by atoms with Gasteiger partial charge in [-0.2, -0.15) is 0 Å². The molecular weight excluding hydrogens is 246 g/mol. The van der Waals surface area contributed by atoms with Gasteiger partial charge in [0.05, 0.1) is 28.2 Å². The Kier molecular flexibility index (Phi) is 3.09. The van der Waals surface area contributed by atoms with Crippen LogP contribution in [0.1, 0.15) is 6.42 Å². The third-order valence-electron chi connectivity index (χ3n) is 3.55. The molecule has 4 nitrogen and oxygen atoms in total. The van der Waals surface area contributed by atoms with E-state index in [-0.39, 0.29) is 0 Å². The Labute approximate surface area is 110 Å². The van der Waals surface area contributed by atoms with Crippen LogP contribution in [-0.2, 0) is 4.74 Å². The Balaban J connectivity index is 1.88. The first kappa shape index (κ1) is 11.7. The molecule has 5 heteroatoms. The summed E-state index contributed by atoms with van der Waals surface area (Å²) in [5.41, 5.74) is 11.0. The number of anilines is 2. The molecule has 1 fully saturated rings. The number of hydrogen-bond donors (Lipinski definition) is 1. The van der Waals surface area contributed by atoms with Crippen LogP contribution in [0.4, 0.5) is 11.4 Å². The van der Waals surface area contributed by atoms with Crippen LogP contribution in [0.2, 0.25) is 0 Å². The van der Waals surface area contributed by atoms with Crippen LogP contribution in [0.5, 0.6) is 0 Å². The number of nitrogen functional groups attached to an aromatic ring is 1. The molecule has 2 heterocycles. The second-order valence-corrected chi connectivity index (χ2v) is 5.64. The fraction of sp³-hybridized carbons (Fsp3) is 0.462. The average molecular weight is 263 g/mol. The topological polar surface area (TPSA) is 51.4 Å². The summed E-state index contributed by atoms with van der Waals surface area (Å²) in [4.78, 5) is 6.69. The van der Waals surface area contributed by atoms with Crippen molar-refractivity contribution in [3.63, 3.8) is 0 Å². The van der Waals surface area contributed by atoms with E-state index in [0.717, 1.165) is 41.3 Å². The van der Waals surface area contributed by atoms with Gasteiger partial charge in [-0.3, -0.25) is 0 Å². The molecule has 2 N–H and O–H groups in total. The molecule has 1 aromatic carbocycles. The van der Waals surface area contributed by atoms with Crippen LogP contribution in [0.3, 0.4) is 0 Å². The standard InChI is InChI=1S/C13H17N3OS/c1-17-7-9-4-5-16(6-9)10-2-3-11-13(12(10)14)15-8-18-11/h2-3,8-9H,4-7,14H2,1H3. The fourth-order valence-corrected chi connectivity index (χ4v) is 3.33. The van der Waals surface area contributed by atoms with Crippen molar-refractivity contribution in [3.05, 3.63) is 17.6 Å². The molecule has 0 saturated carbocycles. The molecule has 2 aromatic rings. The predicted molar refractivity (Wildman–Crippen MR) is 76.2 cm³/mol. The van der Waals surface area contributed by atoms with Crippen molar-refractivity contribution in [1.29, 1.82) is 0 Å². The van der Waals surface area contributed by atoms with Crippen molar-refractivity contribution in [2.75, 3.05) is 37.4 Å². The minimum Gasteiger partial charge on any atom is -0.395 e. The Morgan fingerprint density at radius 1 is 1.56 bits per heavy atom. The van der Waals surface area contributed by atoms with Gasteiger partial charge in [-0.1, -0.05) is 0 Å². The van der Waals surface area contributed by atoms with Crippen LogP contribution in [0.15, 0.2) is 17.6 Å². The quantitative estimate of drug-likeness (QED) is 0.864. The first-order chi connectivity index (χ1) is 8.79. The van der Waals surface area contributed by atoms with E-state index in [1.165, 1.54) is 6.42 Å². The van der Waals surface area contributed by atoms with Crippen molar-refractivity contribution < 1.29 is 4.74 Å². The molecule has 0 aliphatic carbocycles. The predicted octanol–water partition coefficient (Wildman–Crippen LogP) is 2.35. The minimum atomic E-state index is 0.612. The van der Waals surface area contributed by atoms with Crippen LogP contribution >= 0.6 is 11.3 Å². The Hall–Kier alpha value is -1.33. The lowest BCUT2D eigenvalue weighted by molar-refractivity contribution is 0.161. The van der Waals surface area contributed by atoms with E-state index in [2.05, 4.69) is 22.0 Å². The Morgan fingerprint density at radius 3 is 3.28 bits per heavy atom. The van der Waals surface area contributed by atoms with Gasteiger partial charge >= 0.3 is 0 Å². The minimum absolute atomic E-state index is 0.612. The highest BCUT2D eigenvalue weighted by molar-refractivity contribution is 7.16. The first-order valence-electron chi connectivity index (χ1n) is 6.15. The summed E-state index contributed by atoms with van der Waals surface area (Å²) >= 11 is 1.63. The van der Waals surface area contributed by atoms with Gasteiger partial charge in [-0.25, -0.2) is 4.98 Å². The van der Waals surface area contributed by atoms with Crippen LogP contribution in [-0.4, -0.2) is 31.8 Å². The molecule has 96 valence electrons. The largest absolute Gasteiger partial charge is 0.395 e. The summed E-state index contributed by atoms with van der Waals surface area (Å²) < 4.78 is 6.39. The van der Waals surface area contributed by atoms with Gasteiger partial charge in [0, 0.05) is 26.1 Å². The summed E-state index contributed by atoms with van der Waals surface area (Å²) in [5, 5.41) is 0. The number of nitrogens with two attached hydrogens (primary N) is 1. The van der Waals surface area contributed by atoms with E-state index in [1.54, 1.807) is 18.4 Å². The van der Waals surface area contributed by atoms with E-state index in [4.69, 9.17) is 10.5 Å².